The molecular formula is C29H28N8O2S. The lowest BCUT2D eigenvalue weighted by molar-refractivity contribution is -0.115. The number of carbonyl (C=O) groups is 2. The Morgan fingerprint density at radius 1 is 1.07 bits per heavy atom. The van der Waals surface area contributed by atoms with Crippen LogP contribution in [0.4, 0.5) is 16.6 Å². The van der Waals surface area contributed by atoms with E-state index in [1.807, 2.05) is 24.4 Å². The Labute approximate surface area is 235 Å². The minimum absolute atomic E-state index is 0.344. The molecule has 0 bridgehead atoms. The summed E-state index contributed by atoms with van der Waals surface area (Å²) in [5.41, 5.74) is 9.74. The first kappa shape index (κ1) is 25.9. The van der Waals surface area contributed by atoms with Crippen LogP contribution in [0.15, 0.2) is 66.0 Å². The lowest BCUT2D eigenvalue weighted by Crippen LogP contribution is -2.38. The van der Waals surface area contributed by atoms with E-state index in [1.165, 1.54) is 0 Å². The SMILES string of the molecule is Nc1ccc(CNCC2CCN(c3nccc(/C=C4\SC(=O)NC4=O)n3)CC2)c(-c2cccc3cnccc23)n1. The number of anilines is 2. The summed E-state index contributed by atoms with van der Waals surface area (Å²) in [5, 5.41) is 7.71. The van der Waals surface area contributed by atoms with Gasteiger partial charge in [0, 0.05) is 49.2 Å². The zero-order valence-corrected chi connectivity index (χ0v) is 22.5. The van der Waals surface area contributed by atoms with Gasteiger partial charge in [-0.2, -0.15) is 0 Å². The molecule has 0 aliphatic carbocycles. The van der Waals surface area contributed by atoms with Crippen LogP contribution in [0.1, 0.15) is 24.1 Å². The van der Waals surface area contributed by atoms with Gasteiger partial charge in [0.15, 0.2) is 0 Å². The summed E-state index contributed by atoms with van der Waals surface area (Å²) in [6, 6.07) is 13.8. The number of benzene rings is 1. The number of hydrogen-bond acceptors (Lipinski definition) is 10. The van der Waals surface area contributed by atoms with E-state index in [1.54, 1.807) is 24.5 Å². The lowest BCUT2D eigenvalue weighted by Gasteiger charge is -2.32. The van der Waals surface area contributed by atoms with Crippen LogP contribution in [0.2, 0.25) is 0 Å². The van der Waals surface area contributed by atoms with Crippen LogP contribution in [-0.4, -0.2) is 50.7 Å². The molecule has 2 aliphatic heterocycles. The number of hydrogen-bond donors (Lipinski definition) is 3. The molecule has 11 heteroatoms. The first-order chi connectivity index (χ1) is 19.5. The van der Waals surface area contributed by atoms with Crippen molar-refractivity contribution in [2.45, 2.75) is 19.4 Å². The standard InChI is InChI=1S/C29H28N8O2S/c30-25-5-4-20(26(35-25)23-3-1-2-19-16-31-10-7-22(19)23)17-32-15-18-8-12-37(13-9-18)28-33-11-6-21(34-28)14-24-27(38)36-29(39)40-24/h1-7,10-11,14,16,18,32H,8-9,12-13,15,17H2,(H2,30,35)(H,36,38,39)/b24-14-. The molecule has 0 radical (unpaired) electrons. The molecule has 202 valence electrons. The largest absolute Gasteiger partial charge is 0.384 e. The number of nitrogens with one attached hydrogen (secondary N) is 2. The van der Waals surface area contributed by atoms with Crippen LogP contribution in [0.3, 0.4) is 0 Å². The Bertz CT molecular complexity index is 1610. The molecule has 3 aromatic heterocycles. The lowest BCUT2D eigenvalue weighted by atomic mass is 9.96. The molecule has 0 unspecified atom stereocenters. The van der Waals surface area contributed by atoms with E-state index in [0.717, 1.165) is 71.8 Å². The number of carbonyl (C=O) groups excluding carboxylic acids is 2. The number of nitrogens with zero attached hydrogens (tertiary/aromatic N) is 5. The summed E-state index contributed by atoms with van der Waals surface area (Å²) >= 11 is 0.885. The molecule has 4 N–H and O–H groups in total. The van der Waals surface area contributed by atoms with Crippen LogP contribution in [0.5, 0.6) is 0 Å². The number of rotatable bonds is 7. The Balaban J connectivity index is 1.07. The van der Waals surface area contributed by atoms with Crippen LogP contribution in [-0.2, 0) is 11.3 Å². The van der Waals surface area contributed by atoms with Gasteiger partial charge in [-0.25, -0.2) is 15.0 Å². The summed E-state index contributed by atoms with van der Waals surface area (Å²) in [6.07, 6.45) is 9.00. The fourth-order valence-electron chi connectivity index (χ4n) is 5.11. The van der Waals surface area contributed by atoms with Crippen molar-refractivity contribution in [2.24, 2.45) is 5.92 Å². The Kier molecular flexibility index (Phi) is 7.39. The molecule has 0 saturated carbocycles. The second-order valence-electron chi connectivity index (χ2n) is 9.84. The van der Waals surface area contributed by atoms with Gasteiger partial charge < -0.3 is 16.0 Å². The highest BCUT2D eigenvalue weighted by atomic mass is 32.2. The smallest absolute Gasteiger partial charge is 0.290 e. The maximum atomic E-state index is 11.9. The predicted octanol–water partition coefficient (Wildman–Crippen LogP) is 4.00. The van der Waals surface area contributed by atoms with Gasteiger partial charge in [0.1, 0.15) is 5.82 Å². The second kappa shape index (κ2) is 11.4. The van der Waals surface area contributed by atoms with E-state index < -0.39 is 0 Å². The highest BCUT2D eigenvalue weighted by Crippen LogP contribution is 2.30. The molecular weight excluding hydrogens is 524 g/mol. The van der Waals surface area contributed by atoms with Crippen molar-refractivity contribution in [1.29, 1.82) is 0 Å². The Morgan fingerprint density at radius 2 is 1.95 bits per heavy atom. The normalized spacial score (nSPS) is 17.1. The number of piperidine rings is 1. The van der Waals surface area contributed by atoms with Crippen LogP contribution < -0.4 is 21.3 Å². The van der Waals surface area contributed by atoms with Gasteiger partial charge in [-0.05, 0) is 72.3 Å². The van der Waals surface area contributed by atoms with Gasteiger partial charge in [-0.1, -0.05) is 24.3 Å². The van der Waals surface area contributed by atoms with Crippen LogP contribution in [0, 0.1) is 5.92 Å². The van der Waals surface area contributed by atoms with E-state index in [0.29, 0.717) is 34.8 Å². The van der Waals surface area contributed by atoms with Gasteiger partial charge in [-0.15, -0.1) is 0 Å². The quantitative estimate of drug-likeness (QED) is 0.288. The van der Waals surface area contributed by atoms with Gasteiger partial charge in [-0.3, -0.25) is 19.9 Å². The van der Waals surface area contributed by atoms with Crippen LogP contribution in [0.25, 0.3) is 28.1 Å². The molecule has 2 saturated heterocycles. The number of amides is 2. The number of fused-ring (bicyclic) bond motifs is 1. The molecule has 1 aromatic carbocycles. The topological polar surface area (TPSA) is 139 Å². The van der Waals surface area contributed by atoms with Crippen molar-refractivity contribution in [1.82, 2.24) is 30.6 Å². The second-order valence-corrected chi connectivity index (χ2v) is 10.9. The van der Waals surface area contributed by atoms with Crippen molar-refractivity contribution in [3.05, 3.63) is 77.2 Å². The minimum Gasteiger partial charge on any atom is -0.384 e. The molecule has 5 heterocycles. The van der Waals surface area contributed by atoms with Crippen LogP contribution >= 0.6 is 11.8 Å². The summed E-state index contributed by atoms with van der Waals surface area (Å²) in [6.45, 7) is 3.28. The highest BCUT2D eigenvalue weighted by molar-refractivity contribution is 8.18. The third-order valence-electron chi connectivity index (χ3n) is 7.17. The Morgan fingerprint density at radius 3 is 2.77 bits per heavy atom. The molecule has 0 spiro atoms. The predicted molar refractivity (Wildman–Crippen MR) is 157 cm³/mol. The minimum atomic E-state index is -0.389. The number of imide groups is 1. The maximum Gasteiger partial charge on any atom is 0.290 e. The van der Waals surface area contributed by atoms with Gasteiger partial charge >= 0.3 is 0 Å². The zero-order chi connectivity index (χ0) is 27.5. The summed E-state index contributed by atoms with van der Waals surface area (Å²) < 4.78 is 0. The first-order valence-electron chi connectivity index (χ1n) is 13.2. The van der Waals surface area contributed by atoms with E-state index in [-0.39, 0.29) is 11.1 Å². The molecule has 0 atom stereocenters. The molecule has 2 amide bonds. The number of thioether (sulfide) groups is 1. The fraction of sp³-hybridized carbons (Fsp3) is 0.241. The summed E-state index contributed by atoms with van der Waals surface area (Å²) in [7, 11) is 0. The van der Waals surface area contributed by atoms with Crippen molar-refractivity contribution >= 4 is 51.5 Å². The Hall–Kier alpha value is -4.35. The molecule has 10 nitrogen and oxygen atoms in total. The third-order valence-corrected chi connectivity index (χ3v) is 7.98. The van der Waals surface area contributed by atoms with E-state index in [2.05, 4.69) is 48.7 Å². The fourth-order valence-corrected chi connectivity index (χ4v) is 5.77. The number of nitrogens with two attached hydrogens (primary N) is 1. The molecule has 4 aromatic rings. The van der Waals surface area contributed by atoms with Crippen molar-refractivity contribution in [3.8, 4) is 11.3 Å². The zero-order valence-electron chi connectivity index (χ0n) is 21.7. The van der Waals surface area contributed by atoms with Gasteiger partial charge in [0.05, 0.1) is 16.3 Å². The third kappa shape index (κ3) is 5.65. The summed E-state index contributed by atoms with van der Waals surface area (Å²) in [4.78, 5) is 43.8. The number of aromatic nitrogens is 4. The highest BCUT2D eigenvalue weighted by Gasteiger charge is 2.26. The average molecular weight is 553 g/mol. The maximum absolute atomic E-state index is 11.9. The van der Waals surface area contributed by atoms with Crippen molar-refractivity contribution in [2.75, 3.05) is 30.3 Å². The molecule has 40 heavy (non-hydrogen) atoms. The summed E-state index contributed by atoms with van der Waals surface area (Å²) in [5.74, 6) is 1.27. The molecule has 2 aliphatic rings. The van der Waals surface area contributed by atoms with Crippen molar-refractivity contribution < 1.29 is 9.59 Å². The molecule has 6 rings (SSSR count). The molecule has 2 fully saturated rings. The van der Waals surface area contributed by atoms with E-state index >= 15 is 0 Å². The first-order valence-corrected chi connectivity index (χ1v) is 14.0. The van der Waals surface area contributed by atoms with Crippen molar-refractivity contribution in [3.63, 3.8) is 0 Å². The van der Waals surface area contributed by atoms with Gasteiger partial charge in [0.25, 0.3) is 11.1 Å². The number of pyridine rings is 2. The monoisotopic (exact) mass is 552 g/mol. The average Bonchev–Trinajstić information content (AvgIpc) is 3.29. The number of nitrogen functional groups attached to an aromatic ring is 1. The van der Waals surface area contributed by atoms with Gasteiger partial charge in [0.2, 0.25) is 5.95 Å². The van der Waals surface area contributed by atoms with E-state index in [4.69, 9.17) is 10.7 Å². The van der Waals surface area contributed by atoms with E-state index in [9.17, 15) is 9.59 Å².